The minimum absolute atomic E-state index is 0.215. The Morgan fingerprint density at radius 2 is 1.75 bits per heavy atom. The van der Waals surface area contributed by atoms with Crippen LogP contribution < -0.4 is 4.90 Å². The van der Waals surface area contributed by atoms with Gasteiger partial charge in [0.1, 0.15) is 11.6 Å². The predicted molar refractivity (Wildman–Crippen MR) is 101 cm³/mol. The molecular weight excluding hydrogens is 387 g/mol. The van der Waals surface area contributed by atoms with E-state index in [1.807, 2.05) is 18.2 Å². The molecule has 1 amide bonds. The molecule has 0 radical (unpaired) electrons. The van der Waals surface area contributed by atoms with Crippen LogP contribution in [0.5, 0.6) is 0 Å². The van der Waals surface area contributed by atoms with Crippen molar-refractivity contribution in [1.29, 1.82) is 0 Å². The van der Waals surface area contributed by atoms with Gasteiger partial charge in [-0.15, -0.1) is 11.3 Å². The molecule has 3 aromatic rings. The predicted octanol–water partition coefficient (Wildman–Crippen LogP) is 2.86. The summed E-state index contributed by atoms with van der Waals surface area (Å²) in [5.41, 5.74) is 0.565. The second kappa shape index (κ2) is 7.52. The molecule has 4 nitrogen and oxygen atoms in total. The Morgan fingerprint density at radius 3 is 2.39 bits per heavy atom. The van der Waals surface area contributed by atoms with E-state index in [0.717, 1.165) is 42.3 Å². The first kappa shape index (κ1) is 18.9. The van der Waals surface area contributed by atoms with Gasteiger partial charge in [-0.1, -0.05) is 12.1 Å². The first-order chi connectivity index (χ1) is 13.4. The SMILES string of the molecule is O=C(c1ccc(C(F)(F)F)cc1)N1CC[NH+](Cc2nc3ccccc3s2)CC1. The zero-order valence-electron chi connectivity index (χ0n) is 15.0. The number of fused-ring (bicyclic) bond motifs is 1. The minimum atomic E-state index is -4.39. The summed E-state index contributed by atoms with van der Waals surface area (Å²) in [6.07, 6.45) is -4.39. The molecule has 0 atom stereocenters. The average molecular weight is 406 g/mol. The number of thiazole rings is 1. The third-order valence-corrected chi connectivity index (χ3v) is 5.99. The van der Waals surface area contributed by atoms with Gasteiger partial charge in [0.05, 0.1) is 42.0 Å². The molecule has 1 aliphatic rings. The number of alkyl halides is 3. The molecule has 0 aliphatic carbocycles. The van der Waals surface area contributed by atoms with Crippen LogP contribution in [-0.2, 0) is 12.7 Å². The van der Waals surface area contributed by atoms with E-state index in [9.17, 15) is 18.0 Å². The highest BCUT2D eigenvalue weighted by molar-refractivity contribution is 7.18. The maximum atomic E-state index is 12.7. The summed E-state index contributed by atoms with van der Waals surface area (Å²) in [5.74, 6) is -0.215. The van der Waals surface area contributed by atoms with Crippen LogP contribution in [0.15, 0.2) is 48.5 Å². The van der Waals surface area contributed by atoms with Crippen molar-refractivity contribution in [3.63, 3.8) is 0 Å². The van der Waals surface area contributed by atoms with Crippen LogP contribution in [0, 0.1) is 0 Å². The van der Waals surface area contributed by atoms with Crippen molar-refractivity contribution >= 4 is 27.5 Å². The topological polar surface area (TPSA) is 37.6 Å². The number of nitrogens with one attached hydrogen (secondary N) is 1. The molecule has 146 valence electrons. The van der Waals surface area contributed by atoms with Gasteiger partial charge in [-0.2, -0.15) is 13.2 Å². The van der Waals surface area contributed by atoms with Crippen molar-refractivity contribution in [1.82, 2.24) is 9.88 Å². The number of carbonyl (C=O) groups excluding carboxylic acids is 1. The Labute approximate surface area is 164 Å². The van der Waals surface area contributed by atoms with E-state index in [-0.39, 0.29) is 5.91 Å². The fraction of sp³-hybridized carbons (Fsp3) is 0.300. The lowest BCUT2D eigenvalue weighted by Gasteiger charge is -2.32. The highest BCUT2D eigenvalue weighted by Crippen LogP contribution is 2.29. The number of carbonyl (C=O) groups is 1. The minimum Gasteiger partial charge on any atom is -0.327 e. The summed E-state index contributed by atoms with van der Waals surface area (Å²) in [7, 11) is 0. The monoisotopic (exact) mass is 406 g/mol. The molecule has 1 saturated heterocycles. The van der Waals surface area contributed by atoms with Gasteiger partial charge in [-0.05, 0) is 36.4 Å². The van der Waals surface area contributed by atoms with Crippen LogP contribution >= 0.6 is 11.3 Å². The fourth-order valence-electron chi connectivity index (χ4n) is 3.40. The number of benzene rings is 2. The van der Waals surface area contributed by atoms with Crippen molar-refractivity contribution in [2.75, 3.05) is 26.2 Å². The summed E-state index contributed by atoms with van der Waals surface area (Å²) < 4.78 is 39.2. The summed E-state index contributed by atoms with van der Waals surface area (Å²) in [6, 6.07) is 12.5. The van der Waals surface area contributed by atoms with Crippen molar-refractivity contribution < 1.29 is 22.9 Å². The number of hydrogen-bond donors (Lipinski definition) is 1. The highest BCUT2D eigenvalue weighted by Gasteiger charge is 2.31. The maximum Gasteiger partial charge on any atom is 0.416 e. The molecule has 0 saturated carbocycles. The Kier molecular flexibility index (Phi) is 5.07. The van der Waals surface area contributed by atoms with Crippen LogP contribution in [0.4, 0.5) is 13.2 Å². The van der Waals surface area contributed by atoms with E-state index in [1.165, 1.54) is 21.7 Å². The number of quaternary nitrogens is 1. The molecule has 2 heterocycles. The highest BCUT2D eigenvalue weighted by atomic mass is 32.1. The molecule has 0 unspecified atom stereocenters. The zero-order chi connectivity index (χ0) is 19.7. The first-order valence-electron chi connectivity index (χ1n) is 9.05. The molecule has 2 aromatic carbocycles. The van der Waals surface area contributed by atoms with Gasteiger partial charge in [0, 0.05) is 5.56 Å². The van der Waals surface area contributed by atoms with E-state index in [0.29, 0.717) is 18.7 Å². The normalized spacial score (nSPS) is 15.9. The van der Waals surface area contributed by atoms with Crippen molar-refractivity contribution in [3.8, 4) is 0 Å². The van der Waals surface area contributed by atoms with Gasteiger partial charge < -0.3 is 9.80 Å². The number of hydrogen-bond acceptors (Lipinski definition) is 3. The molecule has 1 aliphatic heterocycles. The number of nitrogens with zero attached hydrogens (tertiary/aromatic N) is 2. The zero-order valence-corrected chi connectivity index (χ0v) is 15.8. The summed E-state index contributed by atoms with van der Waals surface area (Å²) in [5, 5.41) is 1.08. The number of rotatable bonds is 3. The van der Waals surface area contributed by atoms with Crippen molar-refractivity contribution in [2.24, 2.45) is 0 Å². The molecular formula is C20H19F3N3OS+. The number of amides is 1. The number of para-hydroxylation sites is 1. The number of piperazine rings is 1. The lowest BCUT2D eigenvalue weighted by Crippen LogP contribution is -3.13. The van der Waals surface area contributed by atoms with Crippen LogP contribution in [0.1, 0.15) is 20.9 Å². The summed E-state index contributed by atoms with van der Waals surface area (Å²) in [4.78, 5) is 20.3. The second-order valence-corrected chi connectivity index (χ2v) is 7.98. The molecule has 4 rings (SSSR count). The van der Waals surface area contributed by atoms with E-state index < -0.39 is 11.7 Å². The molecule has 8 heteroatoms. The number of halogens is 3. The van der Waals surface area contributed by atoms with Gasteiger partial charge >= 0.3 is 6.18 Å². The van der Waals surface area contributed by atoms with Crippen LogP contribution in [0.2, 0.25) is 0 Å². The Bertz CT molecular complexity index is 943. The summed E-state index contributed by atoms with van der Waals surface area (Å²) in [6.45, 7) is 3.58. The third kappa shape index (κ3) is 4.02. The van der Waals surface area contributed by atoms with Gasteiger partial charge in [0.2, 0.25) is 0 Å². The third-order valence-electron chi connectivity index (χ3n) is 4.96. The van der Waals surface area contributed by atoms with Crippen LogP contribution in [-0.4, -0.2) is 42.0 Å². The first-order valence-corrected chi connectivity index (χ1v) is 9.86. The summed E-state index contributed by atoms with van der Waals surface area (Å²) >= 11 is 1.69. The average Bonchev–Trinajstić information content (AvgIpc) is 3.10. The molecule has 0 bridgehead atoms. The molecule has 1 fully saturated rings. The Hall–Kier alpha value is -2.45. The lowest BCUT2D eigenvalue weighted by atomic mass is 10.1. The van der Waals surface area contributed by atoms with Crippen molar-refractivity contribution in [2.45, 2.75) is 12.7 Å². The van der Waals surface area contributed by atoms with E-state index in [2.05, 4.69) is 11.1 Å². The van der Waals surface area contributed by atoms with E-state index in [4.69, 9.17) is 0 Å². The smallest absolute Gasteiger partial charge is 0.327 e. The Balaban J connectivity index is 1.35. The molecule has 1 aromatic heterocycles. The largest absolute Gasteiger partial charge is 0.416 e. The molecule has 1 N–H and O–H groups in total. The molecule has 28 heavy (non-hydrogen) atoms. The molecule has 0 spiro atoms. The van der Waals surface area contributed by atoms with Crippen LogP contribution in [0.3, 0.4) is 0 Å². The van der Waals surface area contributed by atoms with Crippen molar-refractivity contribution in [3.05, 3.63) is 64.7 Å². The standard InChI is InChI=1S/C20H18F3N3OS/c21-20(22,23)15-7-5-14(6-8-15)19(27)26-11-9-25(10-12-26)13-18-24-16-3-1-2-4-17(16)28-18/h1-8H,9-13H2/p+1. The van der Waals surface area contributed by atoms with Gasteiger partial charge in [-0.25, -0.2) is 4.98 Å². The van der Waals surface area contributed by atoms with E-state index in [1.54, 1.807) is 16.2 Å². The Morgan fingerprint density at radius 1 is 1.07 bits per heavy atom. The van der Waals surface area contributed by atoms with Gasteiger partial charge in [0.25, 0.3) is 5.91 Å². The van der Waals surface area contributed by atoms with Gasteiger partial charge in [0.15, 0.2) is 0 Å². The second-order valence-electron chi connectivity index (χ2n) is 6.87. The van der Waals surface area contributed by atoms with Gasteiger partial charge in [-0.3, -0.25) is 4.79 Å². The van der Waals surface area contributed by atoms with E-state index >= 15 is 0 Å². The fourth-order valence-corrected chi connectivity index (χ4v) is 4.44. The van der Waals surface area contributed by atoms with Crippen LogP contribution in [0.25, 0.3) is 10.2 Å². The maximum absolute atomic E-state index is 12.7. The lowest BCUT2D eigenvalue weighted by molar-refractivity contribution is -0.917. The quantitative estimate of drug-likeness (QED) is 0.727. The number of aromatic nitrogens is 1.